The van der Waals surface area contributed by atoms with Crippen LogP contribution in [0.25, 0.3) is 10.6 Å². The van der Waals surface area contributed by atoms with Crippen molar-refractivity contribution < 1.29 is 0 Å². The lowest BCUT2D eigenvalue weighted by Gasteiger charge is -1.94. The number of nitrogens with zero attached hydrogens (tertiary/aromatic N) is 1. The quantitative estimate of drug-likeness (QED) is 0.768. The van der Waals surface area contributed by atoms with Gasteiger partial charge < -0.3 is 5.32 Å². The van der Waals surface area contributed by atoms with Gasteiger partial charge in [0.15, 0.2) is 0 Å². The Hall–Kier alpha value is -1.19. The first-order chi connectivity index (χ1) is 6.93. The summed E-state index contributed by atoms with van der Waals surface area (Å²) in [5.41, 5.74) is 2.46. The van der Waals surface area contributed by atoms with Crippen molar-refractivity contribution in [3.63, 3.8) is 0 Å². The van der Waals surface area contributed by atoms with Gasteiger partial charge in [-0.05, 0) is 0 Å². The third-order valence-corrected chi connectivity index (χ3v) is 3.52. The first-order valence-corrected chi connectivity index (χ1v) is 5.50. The Labute approximate surface area is 86.6 Å². The monoisotopic (exact) mass is 202 g/mol. The highest BCUT2D eigenvalue weighted by atomic mass is 32.1. The third-order valence-electron chi connectivity index (χ3n) is 2.38. The number of fused-ring (bicyclic) bond motifs is 1. The van der Waals surface area contributed by atoms with Crippen LogP contribution >= 0.6 is 11.3 Å². The van der Waals surface area contributed by atoms with E-state index in [0.29, 0.717) is 0 Å². The molecule has 3 heteroatoms. The summed E-state index contributed by atoms with van der Waals surface area (Å²) in [5, 5.41) is 4.44. The van der Waals surface area contributed by atoms with Crippen LogP contribution in [0.4, 0.5) is 0 Å². The zero-order valence-corrected chi connectivity index (χ0v) is 8.47. The van der Waals surface area contributed by atoms with E-state index in [1.165, 1.54) is 16.1 Å². The fraction of sp³-hybridized carbons (Fsp3) is 0.182. The highest BCUT2D eigenvalue weighted by molar-refractivity contribution is 7.15. The highest BCUT2D eigenvalue weighted by Crippen LogP contribution is 2.29. The Bertz CT molecular complexity index is 426. The van der Waals surface area contributed by atoms with E-state index < -0.39 is 0 Å². The number of hydrogen-bond donors (Lipinski definition) is 1. The first-order valence-electron chi connectivity index (χ1n) is 4.68. The lowest BCUT2D eigenvalue weighted by atomic mass is 10.2. The molecule has 0 radical (unpaired) electrons. The van der Waals surface area contributed by atoms with Crippen molar-refractivity contribution in [3.8, 4) is 10.6 Å². The molecule has 1 aliphatic rings. The van der Waals surface area contributed by atoms with Crippen molar-refractivity contribution >= 4 is 11.3 Å². The number of rotatable bonds is 1. The van der Waals surface area contributed by atoms with Gasteiger partial charge >= 0.3 is 0 Å². The Morgan fingerprint density at radius 3 is 2.79 bits per heavy atom. The predicted octanol–water partition coefficient (Wildman–Crippen LogP) is 2.41. The summed E-state index contributed by atoms with van der Waals surface area (Å²) >= 11 is 1.80. The molecule has 2 heterocycles. The molecule has 3 rings (SSSR count). The van der Waals surface area contributed by atoms with Crippen LogP contribution < -0.4 is 5.32 Å². The van der Waals surface area contributed by atoms with Gasteiger partial charge in [0.05, 0.1) is 5.69 Å². The van der Waals surface area contributed by atoms with Crippen LogP contribution in [0.15, 0.2) is 30.3 Å². The van der Waals surface area contributed by atoms with Crippen LogP contribution in [0, 0.1) is 0 Å². The molecule has 0 saturated carbocycles. The van der Waals surface area contributed by atoms with Gasteiger partial charge in [-0.3, -0.25) is 0 Å². The van der Waals surface area contributed by atoms with Crippen LogP contribution in [-0.2, 0) is 13.1 Å². The van der Waals surface area contributed by atoms with E-state index in [0.717, 1.165) is 18.1 Å². The average Bonchev–Trinajstić information content (AvgIpc) is 2.78. The van der Waals surface area contributed by atoms with Crippen LogP contribution in [0.5, 0.6) is 0 Å². The van der Waals surface area contributed by atoms with Crippen LogP contribution in [0.1, 0.15) is 10.6 Å². The van der Waals surface area contributed by atoms with Gasteiger partial charge in [-0.1, -0.05) is 30.3 Å². The zero-order chi connectivity index (χ0) is 9.38. The summed E-state index contributed by atoms with van der Waals surface area (Å²) in [5.74, 6) is 0. The molecule has 0 aliphatic carbocycles. The fourth-order valence-corrected chi connectivity index (χ4v) is 2.71. The summed E-state index contributed by atoms with van der Waals surface area (Å²) in [7, 11) is 0. The second-order valence-electron chi connectivity index (χ2n) is 3.36. The van der Waals surface area contributed by atoms with E-state index in [4.69, 9.17) is 0 Å². The smallest absolute Gasteiger partial charge is 0.123 e. The molecule has 1 aromatic heterocycles. The largest absolute Gasteiger partial charge is 0.306 e. The van der Waals surface area contributed by atoms with Crippen molar-refractivity contribution in [2.75, 3.05) is 0 Å². The molecule has 0 unspecified atom stereocenters. The molecule has 2 aromatic rings. The maximum Gasteiger partial charge on any atom is 0.123 e. The van der Waals surface area contributed by atoms with Crippen LogP contribution in [-0.4, -0.2) is 4.98 Å². The molecule has 1 N–H and O–H groups in total. The van der Waals surface area contributed by atoms with Gasteiger partial charge in [0.25, 0.3) is 0 Å². The highest BCUT2D eigenvalue weighted by Gasteiger charge is 2.16. The molecule has 0 bridgehead atoms. The molecule has 0 fully saturated rings. The minimum Gasteiger partial charge on any atom is -0.306 e. The number of nitrogens with one attached hydrogen (secondary N) is 1. The summed E-state index contributed by atoms with van der Waals surface area (Å²) in [6, 6.07) is 10.4. The summed E-state index contributed by atoms with van der Waals surface area (Å²) < 4.78 is 0. The maximum atomic E-state index is 4.62. The van der Waals surface area contributed by atoms with E-state index in [1.54, 1.807) is 11.3 Å². The Kier molecular flexibility index (Phi) is 1.85. The average molecular weight is 202 g/mol. The topological polar surface area (TPSA) is 24.9 Å². The molecule has 70 valence electrons. The second-order valence-corrected chi connectivity index (χ2v) is 4.44. The Balaban J connectivity index is 2.06. The van der Waals surface area contributed by atoms with E-state index in [1.807, 2.05) is 6.07 Å². The molecule has 2 nitrogen and oxygen atoms in total. The molecule has 0 amide bonds. The molecule has 0 saturated heterocycles. The summed E-state index contributed by atoms with van der Waals surface area (Å²) in [4.78, 5) is 6.01. The minimum absolute atomic E-state index is 0.929. The van der Waals surface area contributed by atoms with Crippen molar-refractivity contribution in [1.82, 2.24) is 10.3 Å². The summed E-state index contributed by atoms with van der Waals surface area (Å²) in [6.07, 6.45) is 0. The van der Waals surface area contributed by atoms with E-state index in [2.05, 4.69) is 34.6 Å². The van der Waals surface area contributed by atoms with E-state index in [-0.39, 0.29) is 0 Å². The third kappa shape index (κ3) is 1.25. The van der Waals surface area contributed by atoms with Gasteiger partial charge in [0, 0.05) is 23.5 Å². The number of hydrogen-bond acceptors (Lipinski definition) is 3. The van der Waals surface area contributed by atoms with Crippen molar-refractivity contribution in [3.05, 3.63) is 40.9 Å². The molecule has 14 heavy (non-hydrogen) atoms. The molecular formula is C11H10N2S. The van der Waals surface area contributed by atoms with Gasteiger partial charge in [-0.15, -0.1) is 11.3 Å². The van der Waals surface area contributed by atoms with Gasteiger partial charge in [-0.25, -0.2) is 4.98 Å². The Morgan fingerprint density at radius 2 is 2.00 bits per heavy atom. The van der Waals surface area contributed by atoms with Crippen molar-refractivity contribution in [2.24, 2.45) is 0 Å². The second kappa shape index (κ2) is 3.19. The molecule has 0 atom stereocenters. The SMILES string of the molecule is c1ccc(-c2nc3c(s2)CNC3)cc1. The molecular weight excluding hydrogens is 192 g/mol. The van der Waals surface area contributed by atoms with Gasteiger partial charge in [0.1, 0.15) is 5.01 Å². The van der Waals surface area contributed by atoms with Crippen molar-refractivity contribution in [1.29, 1.82) is 0 Å². The summed E-state index contributed by atoms with van der Waals surface area (Å²) in [6.45, 7) is 1.92. The van der Waals surface area contributed by atoms with Gasteiger partial charge in [0.2, 0.25) is 0 Å². The number of benzene rings is 1. The van der Waals surface area contributed by atoms with Gasteiger partial charge in [-0.2, -0.15) is 0 Å². The Morgan fingerprint density at radius 1 is 1.14 bits per heavy atom. The molecule has 1 aromatic carbocycles. The normalized spacial score (nSPS) is 14.3. The predicted molar refractivity (Wildman–Crippen MR) is 58.1 cm³/mol. The maximum absolute atomic E-state index is 4.62. The first kappa shape index (κ1) is 8.15. The van der Waals surface area contributed by atoms with Crippen molar-refractivity contribution in [2.45, 2.75) is 13.1 Å². The standard InChI is InChI=1S/C11H10N2S/c1-2-4-8(5-3-1)11-13-9-6-12-7-10(9)14-11/h1-5,12H,6-7H2. The fourth-order valence-electron chi connectivity index (χ4n) is 1.66. The minimum atomic E-state index is 0.929. The molecule has 0 spiro atoms. The lowest BCUT2D eigenvalue weighted by Crippen LogP contribution is -2.01. The number of thiazole rings is 1. The van der Waals surface area contributed by atoms with Crippen LogP contribution in [0.2, 0.25) is 0 Å². The zero-order valence-electron chi connectivity index (χ0n) is 7.66. The van der Waals surface area contributed by atoms with E-state index in [9.17, 15) is 0 Å². The van der Waals surface area contributed by atoms with E-state index >= 15 is 0 Å². The number of aromatic nitrogens is 1. The molecule has 1 aliphatic heterocycles. The lowest BCUT2D eigenvalue weighted by molar-refractivity contribution is 0.759. The van der Waals surface area contributed by atoms with Crippen LogP contribution in [0.3, 0.4) is 0 Å².